The Morgan fingerprint density at radius 3 is 2.00 bits per heavy atom. The Kier molecular flexibility index (Phi) is 12.2. The van der Waals surface area contributed by atoms with Crippen LogP contribution < -0.4 is 21.7 Å². The van der Waals surface area contributed by atoms with Gasteiger partial charge in [0, 0.05) is 26.2 Å². The first-order chi connectivity index (χ1) is 21.2. The number of primary amides is 1. The molecule has 0 spiro atoms. The lowest BCUT2D eigenvalue weighted by molar-refractivity contribution is -0.145. The minimum absolute atomic E-state index is 0.0627. The predicted molar refractivity (Wildman–Crippen MR) is 179 cm³/mol. The molecule has 1 heterocycles. The van der Waals surface area contributed by atoms with Crippen LogP contribution in [0.1, 0.15) is 102 Å². The molecule has 2 rings (SSSR count). The molecule has 0 aromatic rings. The Hall–Kier alpha value is -3.38. The van der Waals surface area contributed by atoms with E-state index in [4.69, 9.17) is 10.5 Å². The van der Waals surface area contributed by atoms with Gasteiger partial charge in [0.1, 0.15) is 17.7 Å². The van der Waals surface area contributed by atoms with Gasteiger partial charge in [-0.2, -0.15) is 0 Å². The number of amides is 6. The number of nitrogens with two attached hydrogens (primary N) is 1. The molecule has 0 aromatic heterocycles. The summed E-state index contributed by atoms with van der Waals surface area (Å²) in [5, 5.41) is 8.54. The van der Waals surface area contributed by atoms with Crippen LogP contribution in [0.2, 0.25) is 0 Å². The van der Waals surface area contributed by atoms with Gasteiger partial charge < -0.3 is 36.2 Å². The lowest BCUT2D eigenvalue weighted by atomic mass is 9.85. The van der Waals surface area contributed by atoms with Crippen LogP contribution in [-0.2, 0) is 23.9 Å². The van der Waals surface area contributed by atoms with Crippen LogP contribution in [0.25, 0.3) is 0 Å². The van der Waals surface area contributed by atoms with Crippen molar-refractivity contribution in [1.82, 2.24) is 25.8 Å². The molecule has 13 heteroatoms. The minimum atomic E-state index is -1.13. The van der Waals surface area contributed by atoms with Crippen molar-refractivity contribution in [1.29, 1.82) is 0 Å². The number of hydrogen-bond donors (Lipinski definition) is 4. The van der Waals surface area contributed by atoms with Gasteiger partial charge >= 0.3 is 12.1 Å². The standard InChI is InChI=1S/C34H60N6O7/c1-14-15-21(24(41)26(35)42)37-27(43)23-22-20(34(22,11)12)18-40(23)28(44)25(32(5,6)7)38-29(45)36-19(16-31(2,3)4)17-39(13)30(46)47-33(8,9)10/h19-23,25H,14-18H2,1-13H3,(H2,35,42)(H,37,43)(H2,36,38,45)/t19-,20-,21?,22-,23-,25+/m0/s1. The molecule has 1 saturated carbocycles. The number of fused-ring (bicyclic) bond motifs is 1. The zero-order valence-corrected chi connectivity index (χ0v) is 30.8. The molecule has 2 fully saturated rings. The molecular formula is C34H60N6O7. The molecular weight excluding hydrogens is 604 g/mol. The number of ether oxygens (including phenoxy) is 1. The number of nitrogens with zero attached hydrogens (tertiary/aromatic N) is 2. The molecule has 5 N–H and O–H groups in total. The second-order valence-corrected chi connectivity index (χ2v) is 17.2. The molecule has 1 aliphatic carbocycles. The third-order valence-corrected chi connectivity index (χ3v) is 9.00. The van der Waals surface area contributed by atoms with Crippen molar-refractivity contribution in [3.63, 3.8) is 0 Å². The molecule has 6 atom stereocenters. The molecule has 47 heavy (non-hydrogen) atoms. The molecule has 0 bridgehead atoms. The van der Waals surface area contributed by atoms with Gasteiger partial charge in [0.05, 0.1) is 6.04 Å². The van der Waals surface area contributed by atoms with E-state index in [2.05, 4.69) is 16.0 Å². The molecule has 13 nitrogen and oxygen atoms in total. The number of likely N-dealkylation sites (N-methyl/N-ethyl adjacent to an activating group) is 1. The summed E-state index contributed by atoms with van der Waals surface area (Å²) in [4.78, 5) is 81.3. The highest BCUT2D eigenvalue weighted by Gasteiger charge is 2.70. The highest BCUT2D eigenvalue weighted by Crippen LogP contribution is 2.65. The van der Waals surface area contributed by atoms with Gasteiger partial charge in [-0.25, -0.2) is 9.59 Å². The Morgan fingerprint density at radius 1 is 0.957 bits per heavy atom. The second kappa shape index (κ2) is 14.4. The van der Waals surface area contributed by atoms with E-state index in [-0.39, 0.29) is 35.6 Å². The lowest BCUT2D eigenvalue weighted by Crippen LogP contribution is -2.62. The number of carbonyl (C=O) groups excluding carboxylic acids is 6. The number of Topliss-reactive ketones (excluding diaryl/α,β-unsaturated/α-hetero) is 1. The van der Waals surface area contributed by atoms with Crippen LogP contribution in [0.5, 0.6) is 0 Å². The van der Waals surface area contributed by atoms with E-state index in [1.165, 1.54) is 9.80 Å². The number of rotatable bonds is 12. The number of urea groups is 1. The fourth-order valence-electron chi connectivity index (χ4n) is 6.62. The average molecular weight is 665 g/mol. The van der Waals surface area contributed by atoms with Gasteiger partial charge in [0.25, 0.3) is 5.91 Å². The van der Waals surface area contributed by atoms with Gasteiger partial charge in [0.15, 0.2) is 0 Å². The van der Waals surface area contributed by atoms with Crippen LogP contribution in [0.3, 0.4) is 0 Å². The third-order valence-electron chi connectivity index (χ3n) is 9.00. The largest absolute Gasteiger partial charge is 0.444 e. The zero-order valence-electron chi connectivity index (χ0n) is 30.8. The molecule has 1 aliphatic heterocycles. The van der Waals surface area contributed by atoms with Crippen LogP contribution >= 0.6 is 0 Å². The summed E-state index contributed by atoms with van der Waals surface area (Å²) in [7, 11) is 1.61. The maximum Gasteiger partial charge on any atom is 0.410 e. The van der Waals surface area contributed by atoms with Crippen molar-refractivity contribution in [3.05, 3.63) is 0 Å². The minimum Gasteiger partial charge on any atom is -0.444 e. The monoisotopic (exact) mass is 664 g/mol. The van der Waals surface area contributed by atoms with E-state index in [1.807, 2.05) is 62.3 Å². The van der Waals surface area contributed by atoms with Gasteiger partial charge in [-0.3, -0.25) is 19.2 Å². The summed E-state index contributed by atoms with van der Waals surface area (Å²) >= 11 is 0. The summed E-state index contributed by atoms with van der Waals surface area (Å²) in [6.07, 6.45) is 0.790. The summed E-state index contributed by atoms with van der Waals surface area (Å²) in [6, 6.07) is -4.00. The van der Waals surface area contributed by atoms with E-state index >= 15 is 0 Å². The normalized spacial score (nSPS) is 22.2. The van der Waals surface area contributed by atoms with Crippen molar-refractivity contribution in [2.75, 3.05) is 20.1 Å². The first kappa shape index (κ1) is 39.8. The third kappa shape index (κ3) is 10.6. The Bertz CT molecular complexity index is 1210. The number of piperidine rings is 1. The Labute approximate surface area is 280 Å². The number of ketones is 1. The van der Waals surface area contributed by atoms with E-state index in [0.717, 1.165) is 0 Å². The summed E-state index contributed by atoms with van der Waals surface area (Å²) in [6.45, 7) is 23.3. The van der Waals surface area contributed by atoms with E-state index < -0.39 is 70.8 Å². The van der Waals surface area contributed by atoms with Crippen molar-refractivity contribution >= 4 is 35.6 Å². The fraction of sp³-hybridized carbons (Fsp3) is 0.824. The zero-order chi connectivity index (χ0) is 36.4. The van der Waals surface area contributed by atoms with Gasteiger partial charge in [-0.15, -0.1) is 0 Å². The molecule has 1 unspecified atom stereocenters. The van der Waals surface area contributed by atoms with Gasteiger partial charge in [0.2, 0.25) is 17.6 Å². The second-order valence-electron chi connectivity index (χ2n) is 17.2. The molecule has 6 amide bonds. The van der Waals surface area contributed by atoms with Gasteiger partial charge in [-0.05, 0) is 61.7 Å². The van der Waals surface area contributed by atoms with Gasteiger partial charge in [-0.1, -0.05) is 68.7 Å². The highest BCUT2D eigenvalue weighted by molar-refractivity contribution is 6.37. The van der Waals surface area contributed by atoms with E-state index in [1.54, 1.807) is 27.8 Å². The molecule has 268 valence electrons. The van der Waals surface area contributed by atoms with Crippen LogP contribution in [0.15, 0.2) is 0 Å². The average Bonchev–Trinajstić information content (AvgIpc) is 3.20. The Morgan fingerprint density at radius 2 is 1.53 bits per heavy atom. The van der Waals surface area contributed by atoms with Crippen molar-refractivity contribution in [3.8, 4) is 0 Å². The first-order valence-corrected chi connectivity index (χ1v) is 16.7. The topological polar surface area (TPSA) is 180 Å². The summed E-state index contributed by atoms with van der Waals surface area (Å²) < 4.78 is 5.49. The smallest absolute Gasteiger partial charge is 0.410 e. The van der Waals surface area contributed by atoms with Crippen LogP contribution in [0.4, 0.5) is 9.59 Å². The Balaban J connectivity index is 2.30. The molecule has 2 aliphatic rings. The maximum atomic E-state index is 14.3. The summed E-state index contributed by atoms with van der Waals surface area (Å²) in [5.74, 6) is -3.02. The van der Waals surface area contributed by atoms with Crippen LogP contribution in [0, 0.1) is 28.1 Å². The van der Waals surface area contributed by atoms with Crippen molar-refractivity contribution < 1.29 is 33.5 Å². The van der Waals surface area contributed by atoms with Crippen molar-refractivity contribution in [2.24, 2.45) is 33.8 Å². The van der Waals surface area contributed by atoms with Crippen molar-refractivity contribution in [2.45, 2.75) is 132 Å². The summed E-state index contributed by atoms with van der Waals surface area (Å²) in [5.41, 5.74) is 3.43. The number of hydrogen-bond acceptors (Lipinski definition) is 7. The van der Waals surface area contributed by atoms with E-state index in [0.29, 0.717) is 19.4 Å². The quantitative estimate of drug-likeness (QED) is 0.231. The number of carbonyl (C=O) groups is 6. The highest BCUT2D eigenvalue weighted by atomic mass is 16.6. The fourth-order valence-corrected chi connectivity index (χ4v) is 6.62. The molecule has 1 saturated heterocycles. The predicted octanol–water partition coefficient (Wildman–Crippen LogP) is 3.19. The van der Waals surface area contributed by atoms with Crippen LogP contribution in [-0.4, -0.2) is 95.3 Å². The SMILES string of the molecule is CCCC(NC(=O)[C@@H]1[C@@H]2[C@H](CN1C(=O)[C@@H](NC(=O)N[C@H](CN(C)C(=O)OC(C)(C)C)CC(C)(C)C)C(C)(C)C)C2(C)C)C(=O)C(N)=O. The molecule has 0 radical (unpaired) electrons. The number of likely N-dealkylation sites (tertiary alicyclic amines) is 1. The van der Waals surface area contributed by atoms with E-state index in [9.17, 15) is 28.8 Å². The molecule has 0 aromatic carbocycles. The lowest BCUT2D eigenvalue weighted by Gasteiger charge is -2.38. The number of nitrogens with one attached hydrogen (secondary N) is 3. The maximum absolute atomic E-state index is 14.3. The first-order valence-electron chi connectivity index (χ1n) is 16.7.